The van der Waals surface area contributed by atoms with Crippen LogP contribution >= 0.6 is 0 Å². The SMILES string of the molecule is COc1ccc(C2CC(=O)c3c(cc(OC)c(O)c3OC)O2)cc1. The summed E-state index contributed by atoms with van der Waals surface area (Å²) in [5.74, 6) is 0.954. The fourth-order valence-electron chi connectivity index (χ4n) is 2.78. The molecule has 1 atom stereocenters. The molecule has 24 heavy (non-hydrogen) atoms. The number of ketones is 1. The molecule has 2 aromatic carbocycles. The maximum absolute atomic E-state index is 12.6. The average molecular weight is 330 g/mol. The Morgan fingerprint density at radius 2 is 1.79 bits per heavy atom. The molecule has 1 unspecified atom stereocenters. The highest BCUT2D eigenvalue weighted by Crippen LogP contribution is 2.48. The van der Waals surface area contributed by atoms with Crippen molar-refractivity contribution in [3.63, 3.8) is 0 Å². The summed E-state index contributed by atoms with van der Waals surface area (Å²) in [4.78, 5) is 12.6. The minimum Gasteiger partial charge on any atom is -0.502 e. The number of phenols is 1. The first-order valence-corrected chi connectivity index (χ1v) is 7.40. The third kappa shape index (κ3) is 2.60. The van der Waals surface area contributed by atoms with Gasteiger partial charge in [-0.15, -0.1) is 0 Å². The molecule has 2 aromatic rings. The van der Waals surface area contributed by atoms with E-state index in [0.717, 1.165) is 11.3 Å². The van der Waals surface area contributed by atoms with Crippen molar-refractivity contribution in [2.24, 2.45) is 0 Å². The summed E-state index contributed by atoms with van der Waals surface area (Å²) in [6.45, 7) is 0. The van der Waals surface area contributed by atoms with Gasteiger partial charge in [0.2, 0.25) is 5.75 Å². The van der Waals surface area contributed by atoms with E-state index in [1.165, 1.54) is 20.3 Å². The van der Waals surface area contributed by atoms with Gasteiger partial charge in [0.15, 0.2) is 17.3 Å². The smallest absolute Gasteiger partial charge is 0.201 e. The molecule has 0 saturated carbocycles. The summed E-state index contributed by atoms with van der Waals surface area (Å²) < 4.78 is 21.4. The predicted molar refractivity (Wildman–Crippen MR) is 86.5 cm³/mol. The molecule has 0 saturated heterocycles. The minimum absolute atomic E-state index is 0.0718. The molecule has 6 nitrogen and oxygen atoms in total. The molecule has 0 amide bonds. The number of hydrogen-bond acceptors (Lipinski definition) is 6. The van der Waals surface area contributed by atoms with Crippen LogP contribution in [-0.2, 0) is 0 Å². The van der Waals surface area contributed by atoms with Crippen molar-refractivity contribution >= 4 is 5.78 Å². The Balaban J connectivity index is 2.01. The fraction of sp³-hybridized carbons (Fsp3) is 0.278. The van der Waals surface area contributed by atoms with Crippen molar-refractivity contribution in [3.05, 3.63) is 41.5 Å². The zero-order valence-corrected chi connectivity index (χ0v) is 13.7. The Hall–Kier alpha value is -2.89. The third-order valence-corrected chi connectivity index (χ3v) is 4.01. The van der Waals surface area contributed by atoms with Crippen LogP contribution in [0.4, 0.5) is 0 Å². The summed E-state index contributed by atoms with van der Waals surface area (Å²) in [7, 11) is 4.40. The van der Waals surface area contributed by atoms with E-state index in [0.29, 0.717) is 5.75 Å². The average Bonchev–Trinajstić information content (AvgIpc) is 2.61. The topological polar surface area (TPSA) is 74.2 Å². The fourth-order valence-corrected chi connectivity index (χ4v) is 2.78. The van der Waals surface area contributed by atoms with Gasteiger partial charge in [0.25, 0.3) is 0 Å². The molecule has 1 heterocycles. The van der Waals surface area contributed by atoms with Crippen LogP contribution in [0.15, 0.2) is 30.3 Å². The van der Waals surface area contributed by atoms with E-state index in [1.54, 1.807) is 7.11 Å². The lowest BCUT2D eigenvalue weighted by molar-refractivity contribution is 0.0842. The number of Topliss-reactive ketones (excluding diaryl/α,β-unsaturated/α-hetero) is 1. The quantitative estimate of drug-likeness (QED) is 0.928. The maximum Gasteiger partial charge on any atom is 0.201 e. The van der Waals surface area contributed by atoms with Gasteiger partial charge < -0.3 is 24.1 Å². The summed E-state index contributed by atoms with van der Waals surface area (Å²) in [6.07, 6.45) is -0.267. The van der Waals surface area contributed by atoms with Crippen molar-refractivity contribution in [1.29, 1.82) is 0 Å². The number of aromatic hydroxyl groups is 1. The summed E-state index contributed by atoms with van der Waals surface area (Å²) >= 11 is 0. The van der Waals surface area contributed by atoms with Crippen LogP contribution in [0, 0.1) is 0 Å². The number of benzene rings is 2. The first-order valence-electron chi connectivity index (χ1n) is 7.40. The molecule has 0 spiro atoms. The lowest BCUT2D eigenvalue weighted by Crippen LogP contribution is -2.21. The normalized spacial score (nSPS) is 16.1. The molecular weight excluding hydrogens is 312 g/mol. The lowest BCUT2D eigenvalue weighted by atomic mass is 9.95. The zero-order chi connectivity index (χ0) is 17.3. The van der Waals surface area contributed by atoms with E-state index in [4.69, 9.17) is 18.9 Å². The van der Waals surface area contributed by atoms with Crippen LogP contribution in [0.2, 0.25) is 0 Å². The van der Waals surface area contributed by atoms with Gasteiger partial charge in [-0.3, -0.25) is 4.79 Å². The highest BCUT2D eigenvalue weighted by molar-refractivity contribution is 6.03. The number of ether oxygens (including phenoxy) is 4. The summed E-state index contributed by atoms with van der Waals surface area (Å²) in [6, 6.07) is 8.85. The van der Waals surface area contributed by atoms with Crippen LogP contribution in [0.5, 0.6) is 28.7 Å². The Morgan fingerprint density at radius 1 is 1.08 bits per heavy atom. The standard InChI is InChI=1S/C18H18O6/c1-21-11-6-4-10(5-7-11)13-8-12(19)16-14(24-13)9-15(22-2)17(20)18(16)23-3/h4-7,9,13,20H,8H2,1-3H3. The molecule has 126 valence electrons. The second-order valence-corrected chi connectivity index (χ2v) is 5.34. The summed E-state index contributed by atoms with van der Waals surface area (Å²) in [5, 5.41) is 10.1. The molecule has 1 N–H and O–H groups in total. The first-order chi connectivity index (χ1) is 11.6. The molecule has 3 rings (SSSR count). The largest absolute Gasteiger partial charge is 0.502 e. The second kappa shape index (κ2) is 6.31. The Morgan fingerprint density at radius 3 is 2.38 bits per heavy atom. The number of rotatable bonds is 4. The Labute approximate surface area is 139 Å². The molecule has 0 bridgehead atoms. The van der Waals surface area contributed by atoms with E-state index in [2.05, 4.69) is 0 Å². The number of fused-ring (bicyclic) bond motifs is 1. The van der Waals surface area contributed by atoms with Crippen LogP contribution in [0.3, 0.4) is 0 Å². The van der Waals surface area contributed by atoms with Crippen LogP contribution in [0.25, 0.3) is 0 Å². The van der Waals surface area contributed by atoms with Gasteiger partial charge in [0.1, 0.15) is 23.2 Å². The van der Waals surface area contributed by atoms with Crippen LogP contribution in [0.1, 0.15) is 28.4 Å². The van der Waals surface area contributed by atoms with Crippen molar-refractivity contribution in [3.8, 4) is 28.7 Å². The molecule has 0 aliphatic carbocycles. The molecule has 0 aromatic heterocycles. The Kier molecular flexibility index (Phi) is 4.20. The first kappa shape index (κ1) is 16.0. The number of methoxy groups -OCH3 is 3. The van der Waals surface area contributed by atoms with E-state index in [9.17, 15) is 9.90 Å². The lowest BCUT2D eigenvalue weighted by Gasteiger charge is -2.27. The molecule has 1 aliphatic heterocycles. The van der Waals surface area contributed by atoms with Gasteiger partial charge in [0.05, 0.1) is 27.8 Å². The van der Waals surface area contributed by atoms with E-state index >= 15 is 0 Å². The highest BCUT2D eigenvalue weighted by Gasteiger charge is 2.33. The van der Waals surface area contributed by atoms with Crippen molar-refractivity contribution in [1.82, 2.24) is 0 Å². The molecule has 6 heteroatoms. The number of phenolic OH excluding ortho intramolecular Hbond substituents is 1. The maximum atomic E-state index is 12.6. The van der Waals surface area contributed by atoms with Gasteiger partial charge in [-0.05, 0) is 17.7 Å². The monoisotopic (exact) mass is 330 g/mol. The van der Waals surface area contributed by atoms with Crippen LogP contribution in [-0.4, -0.2) is 32.2 Å². The zero-order valence-electron chi connectivity index (χ0n) is 13.7. The van der Waals surface area contributed by atoms with E-state index in [1.807, 2.05) is 24.3 Å². The second-order valence-electron chi connectivity index (χ2n) is 5.34. The highest BCUT2D eigenvalue weighted by atomic mass is 16.5. The van der Waals surface area contributed by atoms with Gasteiger partial charge >= 0.3 is 0 Å². The van der Waals surface area contributed by atoms with E-state index in [-0.39, 0.29) is 35.0 Å². The van der Waals surface area contributed by atoms with Gasteiger partial charge in [0, 0.05) is 6.07 Å². The van der Waals surface area contributed by atoms with Crippen molar-refractivity contribution in [2.75, 3.05) is 21.3 Å². The molecular formula is C18H18O6. The number of carbonyl (C=O) groups is 1. The molecule has 0 radical (unpaired) electrons. The van der Waals surface area contributed by atoms with Crippen molar-refractivity contribution in [2.45, 2.75) is 12.5 Å². The third-order valence-electron chi connectivity index (χ3n) is 4.01. The summed E-state index contributed by atoms with van der Waals surface area (Å²) in [5.41, 5.74) is 1.10. The van der Waals surface area contributed by atoms with Crippen molar-refractivity contribution < 1.29 is 28.8 Å². The van der Waals surface area contributed by atoms with Crippen LogP contribution < -0.4 is 18.9 Å². The van der Waals surface area contributed by atoms with Gasteiger partial charge in [-0.1, -0.05) is 12.1 Å². The Bertz CT molecular complexity index is 766. The molecule has 1 aliphatic rings. The number of hydrogen-bond donors (Lipinski definition) is 1. The van der Waals surface area contributed by atoms with Gasteiger partial charge in [-0.25, -0.2) is 0 Å². The minimum atomic E-state index is -0.421. The predicted octanol–water partition coefficient (Wildman–Crippen LogP) is 3.12. The number of carbonyl (C=O) groups excluding carboxylic acids is 1. The van der Waals surface area contributed by atoms with E-state index < -0.39 is 6.10 Å². The molecule has 0 fully saturated rings. The van der Waals surface area contributed by atoms with Gasteiger partial charge in [-0.2, -0.15) is 0 Å².